The molecule has 1 radical (unpaired) electrons. The molecule has 0 N–H and O–H groups in total. The van der Waals surface area contributed by atoms with E-state index in [1.54, 1.807) is 0 Å². The summed E-state index contributed by atoms with van der Waals surface area (Å²) < 4.78 is 0. The number of carbonyl (C=O) groups excluding carboxylic acids is 3. The Morgan fingerprint density at radius 3 is 0.750 bits per heavy atom. The minimum Gasteiger partial charge on any atom is -0.550 e. The zero-order chi connectivity index (χ0) is 12.9. The van der Waals surface area contributed by atoms with Crippen LogP contribution in [0.4, 0.5) is 0 Å². The number of hydrogen-bond donors (Lipinski definition) is 0. The molecule has 0 saturated heterocycles. The molecule has 0 fully saturated rings. The molecule has 0 saturated carbocycles. The molecule has 0 aromatic heterocycles. The molecule has 0 rings (SSSR count). The molecule has 16 heavy (non-hydrogen) atoms. The van der Waals surface area contributed by atoms with Crippen molar-refractivity contribution in [3.8, 4) is 0 Å². The van der Waals surface area contributed by atoms with Gasteiger partial charge in [-0.3, -0.25) is 0 Å². The maximum Gasteiger partial charge on any atom is 3.00 e. The van der Waals surface area contributed by atoms with E-state index in [2.05, 4.69) is 0 Å². The molecule has 0 aromatic carbocycles. The van der Waals surface area contributed by atoms with E-state index in [4.69, 9.17) is 0 Å². The van der Waals surface area contributed by atoms with Gasteiger partial charge in [0.2, 0.25) is 0 Å². The van der Waals surface area contributed by atoms with Gasteiger partial charge in [0.05, 0.1) is 0 Å². The van der Waals surface area contributed by atoms with Crippen LogP contribution < -0.4 is 15.3 Å². The summed E-state index contributed by atoms with van der Waals surface area (Å²) in [6.07, 6.45) is 0.333. The first-order valence-electron chi connectivity index (χ1n) is 4.41. The van der Waals surface area contributed by atoms with Crippen molar-refractivity contribution < 1.29 is 47.1 Å². The first-order valence-corrected chi connectivity index (χ1v) is 4.41. The summed E-state index contributed by atoms with van der Waals surface area (Å²) in [6, 6.07) is 0. The molecular formula is C9H15CrO6. The molecule has 0 atom stereocenters. The van der Waals surface area contributed by atoms with Gasteiger partial charge in [-0.25, -0.2) is 0 Å². The van der Waals surface area contributed by atoms with Crippen molar-refractivity contribution in [1.29, 1.82) is 0 Å². The third kappa shape index (κ3) is 75.6. The van der Waals surface area contributed by atoms with Gasteiger partial charge in [-0.1, -0.05) is 20.8 Å². The van der Waals surface area contributed by atoms with Crippen LogP contribution in [0.25, 0.3) is 0 Å². The number of rotatable bonds is 3. The second-order valence-electron chi connectivity index (χ2n) is 2.18. The molecule has 7 heteroatoms. The van der Waals surface area contributed by atoms with E-state index in [-0.39, 0.29) is 36.6 Å². The average molecular weight is 271 g/mol. The first kappa shape index (κ1) is 24.3. The van der Waals surface area contributed by atoms with Gasteiger partial charge in [-0.05, 0) is 19.3 Å². The third-order valence-electron chi connectivity index (χ3n) is 0.866. The fourth-order valence-electron chi connectivity index (χ4n) is 0. The molecule has 0 bridgehead atoms. The van der Waals surface area contributed by atoms with Crippen LogP contribution in [0.1, 0.15) is 40.0 Å². The summed E-state index contributed by atoms with van der Waals surface area (Å²) >= 11 is 0. The van der Waals surface area contributed by atoms with Crippen LogP contribution in [0.15, 0.2) is 0 Å². The Hall–Kier alpha value is -1.06. The average Bonchev–Trinajstić information content (AvgIpc) is 2.19. The smallest absolute Gasteiger partial charge is 0.550 e. The van der Waals surface area contributed by atoms with Gasteiger partial charge in [-0.2, -0.15) is 0 Å². The van der Waals surface area contributed by atoms with Crippen LogP contribution in [0.2, 0.25) is 0 Å². The van der Waals surface area contributed by atoms with Gasteiger partial charge in [0.15, 0.2) is 0 Å². The van der Waals surface area contributed by atoms with E-state index in [1.807, 2.05) is 0 Å². The van der Waals surface area contributed by atoms with Gasteiger partial charge in [0.1, 0.15) is 0 Å². The summed E-state index contributed by atoms with van der Waals surface area (Å²) in [6.45, 7) is 4.61. The number of carboxylic acid groups (broad SMARTS) is 3. The SMILES string of the molecule is CCC(=O)[O-].CCC(=O)[O-].CCC(=O)[O-].[Cr+3]. The third-order valence-corrected chi connectivity index (χ3v) is 0.866. The van der Waals surface area contributed by atoms with Crippen molar-refractivity contribution in [2.24, 2.45) is 0 Å². The minimum atomic E-state index is -0.995. The molecule has 0 unspecified atom stereocenters. The Labute approximate surface area is 105 Å². The molecule has 0 aromatic rings. The molecule has 0 aliphatic rings. The summed E-state index contributed by atoms with van der Waals surface area (Å²) in [7, 11) is 0. The predicted octanol–water partition coefficient (Wildman–Crippen LogP) is -2.56. The Kier molecular flexibility index (Phi) is 29.6. The fraction of sp³-hybridized carbons (Fsp3) is 0.667. The van der Waals surface area contributed by atoms with E-state index in [0.717, 1.165) is 0 Å². The van der Waals surface area contributed by atoms with Gasteiger partial charge >= 0.3 is 17.4 Å². The van der Waals surface area contributed by atoms with Crippen molar-refractivity contribution in [3.63, 3.8) is 0 Å². The summed E-state index contributed by atoms with van der Waals surface area (Å²) in [5.74, 6) is -2.99. The zero-order valence-corrected chi connectivity index (χ0v) is 10.8. The molecule has 0 amide bonds. The van der Waals surface area contributed by atoms with E-state index < -0.39 is 17.9 Å². The van der Waals surface area contributed by atoms with E-state index in [9.17, 15) is 29.7 Å². The van der Waals surface area contributed by atoms with Gasteiger partial charge in [0.25, 0.3) is 0 Å². The van der Waals surface area contributed by atoms with Crippen LogP contribution in [-0.2, 0) is 31.7 Å². The normalized spacial score (nSPS) is 6.94. The van der Waals surface area contributed by atoms with E-state index in [1.165, 1.54) is 20.8 Å². The Bertz CT molecular complexity index is 159. The fourth-order valence-corrected chi connectivity index (χ4v) is 0. The second-order valence-corrected chi connectivity index (χ2v) is 2.18. The Morgan fingerprint density at radius 2 is 0.750 bits per heavy atom. The summed E-state index contributed by atoms with van der Waals surface area (Å²) in [4.78, 5) is 27.8. The maximum absolute atomic E-state index is 9.26. The van der Waals surface area contributed by atoms with Gasteiger partial charge < -0.3 is 29.7 Å². The van der Waals surface area contributed by atoms with Crippen molar-refractivity contribution in [1.82, 2.24) is 0 Å². The maximum atomic E-state index is 9.26. The standard InChI is InChI=1S/3C3H6O2.Cr/c3*1-2-3(4)5;/h3*2H2,1H3,(H,4,5);/q;;;+3/p-3. The van der Waals surface area contributed by atoms with Crippen LogP contribution >= 0.6 is 0 Å². The topological polar surface area (TPSA) is 120 Å². The predicted molar refractivity (Wildman–Crippen MR) is 45.9 cm³/mol. The molecule has 93 valence electrons. The van der Waals surface area contributed by atoms with Crippen molar-refractivity contribution in [2.75, 3.05) is 0 Å². The zero-order valence-electron chi connectivity index (χ0n) is 9.48. The molecular weight excluding hydrogens is 256 g/mol. The molecule has 0 heterocycles. The first-order chi connectivity index (χ1) is 6.81. The summed E-state index contributed by atoms with van der Waals surface area (Å²) in [5, 5.41) is 27.8. The van der Waals surface area contributed by atoms with Crippen molar-refractivity contribution >= 4 is 17.9 Å². The molecule has 0 spiro atoms. The van der Waals surface area contributed by atoms with Crippen LogP contribution in [0.5, 0.6) is 0 Å². The van der Waals surface area contributed by atoms with E-state index >= 15 is 0 Å². The van der Waals surface area contributed by atoms with Crippen molar-refractivity contribution in [3.05, 3.63) is 0 Å². The Balaban J connectivity index is -0.0000000655. The minimum absolute atomic E-state index is 0. The molecule has 0 aliphatic carbocycles. The monoisotopic (exact) mass is 271 g/mol. The number of hydrogen-bond acceptors (Lipinski definition) is 6. The second kappa shape index (κ2) is 19.5. The summed E-state index contributed by atoms with van der Waals surface area (Å²) in [5.41, 5.74) is 0. The number of aliphatic carboxylic acids is 3. The van der Waals surface area contributed by atoms with Crippen LogP contribution in [0, 0.1) is 0 Å². The van der Waals surface area contributed by atoms with Gasteiger partial charge in [0, 0.05) is 17.9 Å². The molecule has 6 nitrogen and oxygen atoms in total. The van der Waals surface area contributed by atoms with Crippen LogP contribution in [0.3, 0.4) is 0 Å². The number of carbonyl (C=O) groups is 3. The van der Waals surface area contributed by atoms with E-state index in [0.29, 0.717) is 0 Å². The quantitative estimate of drug-likeness (QED) is 0.556. The number of carboxylic acids is 3. The van der Waals surface area contributed by atoms with Gasteiger partial charge in [-0.15, -0.1) is 0 Å². The van der Waals surface area contributed by atoms with Crippen molar-refractivity contribution in [2.45, 2.75) is 40.0 Å². The Morgan fingerprint density at radius 1 is 0.688 bits per heavy atom. The van der Waals surface area contributed by atoms with Crippen LogP contribution in [-0.4, -0.2) is 17.9 Å². The molecule has 0 aliphatic heterocycles. The largest absolute Gasteiger partial charge is 3.00 e.